The van der Waals surface area contributed by atoms with Gasteiger partial charge >= 0.3 is 6.18 Å². The number of hydrogen-bond acceptors (Lipinski definition) is 3. The molecule has 0 saturated carbocycles. The highest BCUT2D eigenvalue weighted by atomic mass is 19.4. The molecule has 1 unspecified atom stereocenters. The van der Waals surface area contributed by atoms with E-state index < -0.39 is 11.7 Å². The Labute approximate surface area is 114 Å². The van der Waals surface area contributed by atoms with Crippen molar-refractivity contribution < 1.29 is 13.2 Å². The number of alkyl halides is 3. The van der Waals surface area contributed by atoms with Crippen molar-refractivity contribution in [3.05, 3.63) is 42.0 Å². The smallest absolute Gasteiger partial charge is 0.309 e. The first-order valence-corrected chi connectivity index (χ1v) is 6.23. The van der Waals surface area contributed by atoms with E-state index in [9.17, 15) is 13.2 Å². The number of halogens is 3. The molecule has 0 aliphatic heterocycles. The van der Waals surface area contributed by atoms with Crippen LogP contribution in [0.2, 0.25) is 0 Å². The molecule has 0 bridgehead atoms. The monoisotopic (exact) mass is 284 g/mol. The molecule has 0 spiro atoms. The zero-order valence-electron chi connectivity index (χ0n) is 11.1. The number of hydrogen-bond donors (Lipinski definition) is 1. The Kier molecular flexibility index (Phi) is 4.08. The molecular weight excluding hydrogens is 269 g/mol. The molecule has 108 valence electrons. The highest BCUT2D eigenvalue weighted by Gasteiger charge is 2.32. The molecule has 0 amide bonds. The minimum absolute atomic E-state index is 0.0948. The fourth-order valence-electron chi connectivity index (χ4n) is 1.81. The molecule has 2 aromatic rings. The maximum Gasteiger partial charge on any atom is 0.419 e. The Hall–Kier alpha value is -1.89. The molecule has 2 heterocycles. The summed E-state index contributed by atoms with van der Waals surface area (Å²) in [6.07, 6.45) is -1.12. The highest BCUT2D eigenvalue weighted by Crippen LogP contribution is 2.29. The summed E-state index contributed by atoms with van der Waals surface area (Å²) in [5.41, 5.74) is 0.550. The van der Waals surface area contributed by atoms with E-state index in [1.165, 1.54) is 6.20 Å². The number of nitrogens with one attached hydrogen (secondary N) is 1. The summed E-state index contributed by atoms with van der Waals surface area (Å²) in [4.78, 5) is 4.24. The van der Waals surface area contributed by atoms with Crippen LogP contribution < -0.4 is 5.32 Å². The van der Waals surface area contributed by atoms with Crippen LogP contribution in [0.4, 0.5) is 13.2 Å². The van der Waals surface area contributed by atoms with Gasteiger partial charge in [0.15, 0.2) is 0 Å². The molecule has 20 heavy (non-hydrogen) atoms. The first-order chi connectivity index (χ1) is 9.41. The van der Waals surface area contributed by atoms with Crippen LogP contribution in [-0.4, -0.2) is 21.3 Å². The topological polar surface area (TPSA) is 42.7 Å². The molecule has 7 heteroatoms. The SMILES string of the molecule is CCNC(C)c1ccc(-n2cc(C(F)(F)F)cn2)cn1. The summed E-state index contributed by atoms with van der Waals surface area (Å²) < 4.78 is 38.6. The van der Waals surface area contributed by atoms with E-state index in [-0.39, 0.29) is 6.04 Å². The third kappa shape index (κ3) is 3.16. The van der Waals surface area contributed by atoms with Gasteiger partial charge in [-0.2, -0.15) is 18.3 Å². The van der Waals surface area contributed by atoms with E-state index in [0.29, 0.717) is 5.69 Å². The van der Waals surface area contributed by atoms with E-state index in [2.05, 4.69) is 15.4 Å². The van der Waals surface area contributed by atoms with Crippen molar-refractivity contribution >= 4 is 0 Å². The predicted molar refractivity (Wildman–Crippen MR) is 68.5 cm³/mol. The largest absolute Gasteiger partial charge is 0.419 e. The molecule has 1 atom stereocenters. The van der Waals surface area contributed by atoms with Gasteiger partial charge in [0.2, 0.25) is 0 Å². The summed E-state index contributed by atoms with van der Waals surface area (Å²) in [5, 5.41) is 6.92. The summed E-state index contributed by atoms with van der Waals surface area (Å²) in [6.45, 7) is 4.78. The molecule has 0 aliphatic rings. The third-order valence-electron chi connectivity index (χ3n) is 2.90. The van der Waals surface area contributed by atoms with E-state index >= 15 is 0 Å². The van der Waals surface area contributed by atoms with Gasteiger partial charge < -0.3 is 5.32 Å². The number of nitrogens with zero attached hydrogens (tertiary/aromatic N) is 3. The lowest BCUT2D eigenvalue weighted by molar-refractivity contribution is -0.137. The second-order valence-electron chi connectivity index (χ2n) is 4.39. The zero-order chi connectivity index (χ0) is 14.8. The van der Waals surface area contributed by atoms with Crippen LogP contribution in [0.3, 0.4) is 0 Å². The Balaban J connectivity index is 2.20. The van der Waals surface area contributed by atoms with Gasteiger partial charge in [-0.05, 0) is 25.6 Å². The Morgan fingerprint density at radius 1 is 1.30 bits per heavy atom. The van der Waals surface area contributed by atoms with Crippen molar-refractivity contribution in [3.63, 3.8) is 0 Å². The average Bonchev–Trinajstić information content (AvgIpc) is 2.89. The Morgan fingerprint density at radius 2 is 2.05 bits per heavy atom. The normalized spacial score (nSPS) is 13.4. The molecule has 0 aromatic carbocycles. The molecule has 2 rings (SSSR count). The fourth-order valence-corrected chi connectivity index (χ4v) is 1.81. The second kappa shape index (κ2) is 5.62. The van der Waals surface area contributed by atoms with Gasteiger partial charge in [-0.1, -0.05) is 6.92 Å². The molecule has 0 radical (unpaired) electrons. The summed E-state index contributed by atoms with van der Waals surface area (Å²) in [6, 6.07) is 3.57. The van der Waals surface area contributed by atoms with E-state index in [1.54, 1.807) is 12.1 Å². The quantitative estimate of drug-likeness (QED) is 0.938. The van der Waals surface area contributed by atoms with Crippen molar-refractivity contribution in [3.8, 4) is 5.69 Å². The van der Waals surface area contributed by atoms with Gasteiger partial charge in [-0.15, -0.1) is 0 Å². The van der Waals surface area contributed by atoms with E-state index in [1.807, 2.05) is 13.8 Å². The van der Waals surface area contributed by atoms with Crippen molar-refractivity contribution in [1.29, 1.82) is 0 Å². The lowest BCUT2D eigenvalue weighted by atomic mass is 10.2. The van der Waals surface area contributed by atoms with Gasteiger partial charge in [-0.3, -0.25) is 4.98 Å². The van der Waals surface area contributed by atoms with Gasteiger partial charge in [0.1, 0.15) is 0 Å². The number of rotatable bonds is 4. The van der Waals surface area contributed by atoms with Gasteiger partial charge in [-0.25, -0.2) is 4.68 Å². The van der Waals surface area contributed by atoms with Crippen LogP contribution in [0.5, 0.6) is 0 Å². The van der Waals surface area contributed by atoms with Gasteiger partial charge in [0.05, 0.1) is 29.3 Å². The van der Waals surface area contributed by atoms with Crippen LogP contribution in [0.15, 0.2) is 30.7 Å². The van der Waals surface area contributed by atoms with Crippen LogP contribution in [-0.2, 0) is 6.18 Å². The fraction of sp³-hybridized carbons (Fsp3) is 0.385. The lowest BCUT2D eigenvalue weighted by Crippen LogP contribution is -2.18. The number of aromatic nitrogens is 3. The molecule has 0 aliphatic carbocycles. The predicted octanol–water partition coefficient (Wildman–Crippen LogP) is 2.96. The van der Waals surface area contributed by atoms with E-state index in [0.717, 1.165) is 29.3 Å². The molecule has 4 nitrogen and oxygen atoms in total. The molecule has 2 aromatic heterocycles. The van der Waals surface area contributed by atoms with Crippen LogP contribution >= 0.6 is 0 Å². The van der Waals surface area contributed by atoms with Crippen LogP contribution in [0, 0.1) is 0 Å². The number of pyridine rings is 1. The van der Waals surface area contributed by atoms with Crippen molar-refractivity contribution in [2.24, 2.45) is 0 Å². The minimum atomic E-state index is -4.38. The van der Waals surface area contributed by atoms with Crippen molar-refractivity contribution in [2.45, 2.75) is 26.1 Å². The van der Waals surface area contributed by atoms with Gasteiger partial charge in [0.25, 0.3) is 0 Å². The van der Waals surface area contributed by atoms with E-state index in [4.69, 9.17) is 0 Å². The maximum atomic E-state index is 12.5. The Morgan fingerprint density at radius 3 is 2.55 bits per heavy atom. The summed E-state index contributed by atoms with van der Waals surface area (Å²) >= 11 is 0. The van der Waals surface area contributed by atoms with Crippen LogP contribution in [0.1, 0.15) is 31.1 Å². The highest BCUT2D eigenvalue weighted by molar-refractivity contribution is 5.30. The van der Waals surface area contributed by atoms with Crippen molar-refractivity contribution in [1.82, 2.24) is 20.1 Å². The standard InChI is InChI=1S/C13H15F3N4/c1-3-17-9(2)12-5-4-11(7-18-12)20-8-10(6-19-20)13(14,15)16/h4-9,17H,3H2,1-2H3. The average molecular weight is 284 g/mol. The molecular formula is C13H15F3N4. The zero-order valence-corrected chi connectivity index (χ0v) is 11.1. The first kappa shape index (κ1) is 14.5. The van der Waals surface area contributed by atoms with Gasteiger partial charge in [0, 0.05) is 12.2 Å². The molecule has 0 saturated heterocycles. The Bertz CT molecular complexity index is 560. The minimum Gasteiger partial charge on any atom is -0.309 e. The van der Waals surface area contributed by atoms with Crippen molar-refractivity contribution in [2.75, 3.05) is 6.54 Å². The molecule has 0 fully saturated rings. The summed E-state index contributed by atoms with van der Waals surface area (Å²) in [7, 11) is 0. The third-order valence-corrected chi connectivity index (χ3v) is 2.90. The maximum absolute atomic E-state index is 12.5. The lowest BCUT2D eigenvalue weighted by Gasteiger charge is -2.11. The first-order valence-electron chi connectivity index (χ1n) is 6.23. The summed E-state index contributed by atoms with van der Waals surface area (Å²) in [5.74, 6) is 0. The molecule has 1 N–H and O–H groups in total. The second-order valence-corrected chi connectivity index (χ2v) is 4.39. The van der Waals surface area contributed by atoms with Crippen LogP contribution in [0.25, 0.3) is 5.69 Å².